The highest BCUT2D eigenvalue weighted by atomic mass is 19.1. The van der Waals surface area contributed by atoms with E-state index in [4.69, 9.17) is 5.73 Å². The average Bonchev–Trinajstić information content (AvgIpc) is 2.39. The van der Waals surface area contributed by atoms with Crippen molar-refractivity contribution in [2.75, 3.05) is 18.0 Å². The van der Waals surface area contributed by atoms with E-state index in [1.54, 1.807) is 11.8 Å². The molecule has 0 spiro atoms. The molecule has 1 amide bonds. The van der Waals surface area contributed by atoms with Crippen LogP contribution in [0.25, 0.3) is 0 Å². The van der Waals surface area contributed by atoms with Crippen LogP contribution in [0, 0.1) is 5.82 Å². The van der Waals surface area contributed by atoms with E-state index in [-0.39, 0.29) is 18.8 Å². The third kappa shape index (κ3) is 2.51. The molecule has 2 heterocycles. The lowest BCUT2D eigenvalue weighted by Gasteiger charge is -2.37. The quantitative estimate of drug-likeness (QED) is 0.804. The Morgan fingerprint density at radius 3 is 3.00 bits per heavy atom. The molecule has 7 heteroatoms. The van der Waals surface area contributed by atoms with E-state index in [0.717, 1.165) is 0 Å². The Hall–Kier alpha value is -1.76. The molecule has 1 aromatic heterocycles. The van der Waals surface area contributed by atoms with Crippen LogP contribution in [-0.4, -0.2) is 39.7 Å². The maximum Gasteiger partial charge on any atom is 0.251 e. The van der Waals surface area contributed by atoms with Crippen molar-refractivity contribution in [1.82, 2.24) is 9.97 Å². The van der Waals surface area contributed by atoms with E-state index >= 15 is 0 Å². The van der Waals surface area contributed by atoms with E-state index < -0.39 is 17.3 Å². The molecule has 1 saturated heterocycles. The van der Waals surface area contributed by atoms with Gasteiger partial charge >= 0.3 is 0 Å². The summed E-state index contributed by atoms with van der Waals surface area (Å²) in [5.41, 5.74) is 3.89. The molecule has 1 unspecified atom stereocenters. The second-order valence-electron chi connectivity index (χ2n) is 4.73. The van der Waals surface area contributed by atoms with E-state index in [9.17, 15) is 14.3 Å². The third-order valence-electron chi connectivity index (χ3n) is 3.41. The van der Waals surface area contributed by atoms with Gasteiger partial charge < -0.3 is 15.7 Å². The van der Waals surface area contributed by atoms with Gasteiger partial charge in [-0.1, -0.05) is 6.92 Å². The number of primary amides is 1. The van der Waals surface area contributed by atoms with Crippen molar-refractivity contribution in [2.24, 2.45) is 5.73 Å². The molecule has 0 saturated carbocycles. The highest BCUT2D eigenvalue weighted by Gasteiger charge is 2.39. The lowest BCUT2D eigenvalue weighted by Crippen LogP contribution is -2.56. The summed E-state index contributed by atoms with van der Waals surface area (Å²) >= 11 is 0. The van der Waals surface area contributed by atoms with Gasteiger partial charge in [-0.15, -0.1) is 0 Å². The lowest BCUT2D eigenvalue weighted by molar-refractivity contribution is -0.137. The summed E-state index contributed by atoms with van der Waals surface area (Å²) in [7, 11) is 0. The van der Waals surface area contributed by atoms with Gasteiger partial charge in [-0.25, -0.2) is 14.4 Å². The number of piperidine rings is 1. The molecule has 1 atom stereocenters. The minimum atomic E-state index is -1.62. The van der Waals surface area contributed by atoms with E-state index in [1.807, 2.05) is 0 Å². The van der Waals surface area contributed by atoms with Crippen LogP contribution in [0.2, 0.25) is 0 Å². The summed E-state index contributed by atoms with van der Waals surface area (Å²) in [6, 6.07) is 0. The molecule has 1 fully saturated rings. The molecule has 0 aliphatic carbocycles. The van der Waals surface area contributed by atoms with Crippen molar-refractivity contribution < 1.29 is 14.3 Å². The summed E-state index contributed by atoms with van der Waals surface area (Å²) in [6.07, 6.45) is 2.57. The SMILES string of the molecule is CCc1ncnc(N2CCCC(O)(C(N)=O)C2)c1F. The van der Waals surface area contributed by atoms with Crippen molar-refractivity contribution in [1.29, 1.82) is 0 Å². The number of nitrogens with zero attached hydrogens (tertiary/aromatic N) is 3. The van der Waals surface area contributed by atoms with Crippen LogP contribution < -0.4 is 10.6 Å². The van der Waals surface area contributed by atoms with Crippen molar-refractivity contribution in [2.45, 2.75) is 31.8 Å². The minimum absolute atomic E-state index is 0.0422. The van der Waals surface area contributed by atoms with Crippen LogP contribution in [0.3, 0.4) is 0 Å². The van der Waals surface area contributed by atoms with Gasteiger partial charge in [0.2, 0.25) is 0 Å². The number of nitrogens with two attached hydrogens (primary N) is 1. The summed E-state index contributed by atoms with van der Waals surface area (Å²) in [5, 5.41) is 10.1. The molecular formula is C12H17FN4O2. The molecule has 0 aromatic carbocycles. The summed E-state index contributed by atoms with van der Waals surface area (Å²) in [5.74, 6) is -1.17. The molecule has 19 heavy (non-hydrogen) atoms. The van der Waals surface area contributed by atoms with Gasteiger partial charge in [-0.05, 0) is 19.3 Å². The Balaban J connectivity index is 2.30. The predicted octanol–water partition coefficient (Wildman–Crippen LogP) is -0.00530. The number of aromatic nitrogens is 2. The number of hydrogen-bond acceptors (Lipinski definition) is 5. The largest absolute Gasteiger partial charge is 0.378 e. The number of carbonyl (C=O) groups is 1. The Kier molecular flexibility index (Phi) is 3.66. The van der Waals surface area contributed by atoms with Gasteiger partial charge in [0, 0.05) is 6.54 Å². The average molecular weight is 268 g/mol. The van der Waals surface area contributed by atoms with Crippen molar-refractivity contribution in [3.8, 4) is 0 Å². The first-order valence-electron chi connectivity index (χ1n) is 6.24. The number of hydrogen-bond donors (Lipinski definition) is 2. The number of anilines is 1. The zero-order valence-electron chi connectivity index (χ0n) is 10.8. The summed E-state index contributed by atoms with van der Waals surface area (Å²) in [4.78, 5) is 20.6. The van der Waals surface area contributed by atoms with Crippen LogP contribution in [0.1, 0.15) is 25.5 Å². The number of β-amino-alcohol motifs (C(OH)–C–C–N with tert-alkyl or cyclic N) is 1. The maximum atomic E-state index is 14.1. The predicted molar refractivity (Wildman–Crippen MR) is 67.0 cm³/mol. The molecule has 2 rings (SSSR count). The second kappa shape index (κ2) is 5.08. The number of aliphatic hydroxyl groups is 1. The second-order valence-corrected chi connectivity index (χ2v) is 4.73. The monoisotopic (exact) mass is 268 g/mol. The molecule has 1 aliphatic rings. The van der Waals surface area contributed by atoms with Gasteiger partial charge in [0.05, 0.1) is 12.2 Å². The fraction of sp³-hybridized carbons (Fsp3) is 0.583. The topological polar surface area (TPSA) is 92.3 Å². The molecule has 6 nitrogen and oxygen atoms in total. The Morgan fingerprint density at radius 2 is 2.37 bits per heavy atom. The summed E-state index contributed by atoms with van der Waals surface area (Å²) < 4.78 is 14.1. The maximum absolute atomic E-state index is 14.1. The van der Waals surface area contributed by atoms with Crippen LogP contribution in [0.5, 0.6) is 0 Å². The van der Waals surface area contributed by atoms with E-state index in [2.05, 4.69) is 9.97 Å². The Bertz CT molecular complexity index is 497. The number of amides is 1. The molecule has 1 aliphatic heterocycles. The third-order valence-corrected chi connectivity index (χ3v) is 3.41. The number of carbonyl (C=O) groups excluding carboxylic acids is 1. The molecule has 0 bridgehead atoms. The Labute approximate surface area is 110 Å². The molecule has 1 aromatic rings. The molecule has 104 valence electrons. The zero-order valence-corrected chi connectivity index (χ0v) is 10.8. The molecule has 3 N–H and O–H groups in total. The van der Waals surface area contributed by atoms with Gasteiger partial charge in [0.1, 0.15) is 6.33 Å². The van der Waals surface area contributed by atoms with Crippen molar-refractivity contribution in [3.05, 3.63) is 17.8 Å². The van der Waals surface area contributed by atoms with Crippen molar-refractivity contribution >= 4 is 11.7 Å². The Morgan fingerprint density at radius 1 is 1.63 bits per heavy atom. The van der Waals surface area contributed by atoms with Gasteiger partial charge in [0.25, 0.3) is 5.91 Å². The smallest absolute Gasteiger partial charge is 0.251 e. The van der Waals surface area contributed by atoms with Gasteiger partial charge in [-0.3, -0.25) is 4.79 Å². The first-order valence-corrected chi connectivity index (χ1v) is 6.24. The lowest BCUT2D eigenvalue weighted by atomic mass is 9.92. The number of rotatable bonds is 3. The van der Waals surface area contributed by atoms with Crippen LogP contribution >= 0.6 is 0 Å². The van der Waals surface area contributed by atoms with E-state index in [0.29, 0.717) is 25.1 Å². The molecular weight excluding hydrogens is 251 g/mol. The first kappa shape index (κ1) is 13.7. The fourth-order valence-electron chi connectivity index (χ4n) is 2.28. The van der Waals surface area contributed by atoms with Gasteiger partial charge in [0.15, 0.2) is 17.2 Å². The van der Waals surface area contributed by atoms with Crippen LogP contribution in [0.4, 0.5) is 10.2 Å². The first-order chi connectivity index (χ1) is 8.98. The number of halogens is 1. The minimum Gasteiger partial charge on any atom is -0.378 e. The standard InChI is InChI=1S/C12H17FN4O2/c1-2-8-9(13)10(16-7-15-8)17-5-3-4-12(19,6-17)11(14)18/h7,19H,2-6H2,1H3,(H2,14,18). The van der Waals surface area contributed by atoms with E-state index in [1.165, 1.54) is 6.33 Å². The van der Waals surface area contributed by atoms with Gasteiger partial charge in [-0.2, -0.15) is 0 Å². The fourth-order valence-corrected chi connectivity index (χ4v) is 2.28. The van der Waals surface area contributed by atoms with Crippen molar-refractivity contribution in [3.63, 3.8) is 0 Å². The number of aryl methyl sites for hydroxylation is 1. The van der Waals surface area contributed by atoms with Crippen LogP contribution in [0.15, 0.2) is 6.33 Å². The highest BCUT2D eigenvalue weighted by Crippen LogP contribution is 2.27. The molecule has 0 radical (unpaired) electrons. The summed E-state index contributed by atoms with van der Waals surface area (Å²) in [6.45, 7) is 2.28. The zero-order chi connectivity index (χ0) is 14.0. The normalized spacial score (nSPS) is 23.4. The van der Waals surface area contributed by atoms with Crippen LogP contribution in [-0.2, 0) is 11.2 Å². The highest BCUT2D eigenvalue weighted by molar-refractivity contribution is 5.84.